The summed E-state index contributed by atoms with van der Waals surface area (Å²) < 4.78 is 0. The van der Waals surface area contributed by atoms with Crippen LogP contribution < -0.4 is 0 Å². The molecular formula is C13H25N. The van der Waals surface area contributed by atoms with Crippen LogP contribution in [0.4, 0.5) is 0 Å². The van der Waals surface area contributed by atoms with Crippen molar-refractivity contribution in [2.24, 2.45) is 10.8 Å². The monoisotopic (exact) mass is 195 g/mol. The summed E-state index contributed by atoms with van der Waals surface area (Å²) in [5, 5.41) is 0. The van der Waals surface area contributed by atoms with E-state index in [1.165, 1.54) is 5.70 Å². The molecule has 0 aromatic carbocycles. The highest BCUT2D eigenvalue weighted by Crippen LogP contribution is 2.60. The maximum atomic E-state index is 2.42. The van der Waals surface area contributed by atoms with Crippen LogP contribution in [0.15, 0.2) is 11.3 Å². The van der Waals surface area contributed by atoms with Crippen LogP contribution in [0.1, 0.15) is 48.5 Å². The van der Waals surface area contributed by atoms with E-state index >= 15 is 0 Å². The van der Waals surface area contributed by atoms with Crippen molar-refractivity contribution < 1.29 is 0 Å². The quantitative estimate of drug-likeness (QED) is 0.650. The SMILES string of the molecule is CC1=C(N(C)C(C)C)C(C)(C)C1(C)C. The van der Waals surface area contributed by atoms with E-state index < -0.39 is 0 Å². The van der Waals surface area contributed by atoms with Crippen LogP contribution in [0.2, 0.25) is 0 Å². The molecular weight excluding hydrogens is 170 g/mol. The molecule has 0 aliphatic heterocycles. The summed E-state index contributed by atoms with van der Waals surface area (Å²) in [4.78, 5) is 2.42. The molecule has 0 heterocycles. The fourth-order valence-electron chi connectivity index (χ4n) is 2.43. The molecule has 1 rings (SSSR count). The molecule has 0 spiro atoms. The van der Waals surface area contributed by atoms with E-state index in [4.69, 9.17) is 0 Å². The Balaban J connectivity index is 3.08. The van der Waals surface area contributed by atoms with Gasteiger partial charge in [-0.05, 0) is 31.8 Å². The normalized spacial score (nSPS) is 23.8. The van der Waals surface area contributed by atoms with Gasteiger partial charge in [0.2, 0.25) is 0 Å². The fourth-order valence-corrected chi connectivity index (χ4v) is 2.43. The van der Waals surface area contributed by atoms with E-state index in [0.717, 1.165) is 0 Å². The van der Waals surface area contributed by atoms with Crippen molar-refractivity contribution in [2.45, 2.75) is 54.5 Å². The van der Waals surface area contributed by atoms with Gasteiger partial charge < -0.3 is 4.90 Å². The Labute approximate surface area is 89.2 Å². The molecule has 1 nitrogen and oxygen atoms in total. The van der Waals surface area contributed by atoms with E-state index in [2.05, 4.69) is 60.4 Å². The third-order valence-corrected chi connectivity index (χ3v) is 4.57. The number of rotatable bonds is 2. The first-order chi connectivity index (χ1) is 6.14. The van der Waals surface area contributed by atoms with Crippen molar-refractivity contribution in [2.75, 3.05) is 7.05 Å². The van der Waals surface area contributed by atoms with Crippen molar-refractivity contribution >= 4 is 0 Å². The molecule has 0 bridgehead atoms. The highest BCUT2D eigenvalue weighted by atomic mass is 15.2. The van der Waals surface area contributed by atoms with Crippen molar-refractivity contribution in [3.8, 4) is 0 Å². The molecule has 0 aromatic heterocycles. The van der Waals surface area contributed by atoms with Gasteiger partial charge in [0, 0.05) is 24.2 Å². The molecule has 0 radical (unpaired) electrons. The Kier molecular flexibility index (Phi) is 2.50. The Morgan fingerprint density at radius 1 is 1.00 bits per heavy atom. The lowest BCUT2D eigenvalue weighted by Crippen LogP contribution is -2.52. The second kappa shape index (κ2) is 3.01. The third kappa shape index (κ3) is 1.21. The average molecular weight is 195 g/mol. The minimum Gasteiger partial charge on any atom is -0.375 e. The zero-order valence-corrected chi connectivity index (χ0v) is 11.0. The summed E-state index contributed by atoms with van der Waals surface area (Å²) in [5.74, 6) is 0. The standard InChI is InChI=1S/C13H25N/c1-9(2)14(8)11-10(3)12(4,5)13(11,6)7/h9H,1-8H3. The lowest BCUT2D eigenvalue weighted by Gasteiger charge is -2.58. The Bertz CT molecular complexity index is 269. The second-order valence-electron chi connectivity index (χ2n) is 5.93. The zero-order chi connectivity index (χ0) is 11.3. The van der Waals surface area contributed by atoms with Crippen LogP contribution in [0.5, 0.6) is 0 Å². The highest BCUT2D eigenvalue weighted by Gasteiger charge is 2.52. The Morgan fingerprint density at radius 2 is 1.43 bits per heavy atom. The van der Waals surface area contributed by atoms with Gasteiger partial charge in [-0.1, -0.05) is 27.7 Å². The number of nitrogens with zero attached hydrogens (tertiary/aromatic N) is 1. The molecule has 1 aliphatic rings. The summed E-state index contributed by atoms with van der Waals surface area (Å²) >= 11 is 0. The number of allylic oxidation sites excluding steroid dienone is 2. The summed E-state index contributed by atoms with van der Waals surface area (Å²) in [6.45, 7) is 16.2. The van der Waals surface area contributed by atoms with E-state index in [9.17, 15) is 0 Å². The molecule has 1 aliphatic carbocycles. The molecule has 82 valence electrons. The Morgan fingerprint density at radius 3 is 1.71 bits per heavy atom. The largest absolute Gasteiger partial charge is 0.375 e. The predicted octanol–water partition coefficient (Wildman–Crippen LogP) is 3.67. The molecule has 0 N–H and O–H groups in total. The maximum absolute atomic E-state index is 2.42. The van der Waals surface area contributed by atoms with E-state index in [-0.39, 0.29) is 0 Å². The topological polar surface area (TPSA) is 3.24 Å². The van der Waals surface area contributed by atoms with Crippen LogP contribution in [0.25, 0.3) is 0 Å². The predicted molar refractivity (Wildman–Crippen MR) is 63.2 cm³/mol. The van der Waals surface area contributed by atoms with Crippen LogP contribution in [-0.4, -0.2) is 18.0 Å². The summed E-state index contributed by atoms with van der Waals surface area (Å²) in [7, 11) is 2.21. The van der Waals surface area contributed by atoms with Gasteiger partial charge in [0.05, 0.1) is 0 Å². The minimum absolute atomic E-state index is 0.316. The molecule has 0 atom stereocenters. The van der Waals surface area contributed by atoms with Gasteiger partial charge in [-0.25, -0.2) is 0 Å². The highest BCUT2D eigenvalue weighted by molar-refractivity contribution is 5.39. The third-order valence-electron chi connectivity index (χ3n) is 4.57. The van der Waals surface area contributed by atoms with E-state index in [1.54, 1.807) is 5.57 Å². The smallest absolute Gasteiger partial charge is 0.0227 e. The molecule has 0 aromatic rings. The van der Waals surface area contributed by atoms with Gasteiger partial charge in [0.15, 0.2) is 0 Å². The van der Waals surface area contributed by atoms with Gasteiger partial charge in [-0.15, -0.1) is 0 Å². The first-order valence-corrected chi connectivity index (χ1v) is 5.58. The van der Waals surface area contributed by atoms with Crippen LogP contribution in [0.3, 0.4) is 0 Å². The van der Waals surface area contributed by atoms with Gasteiger partial charge in [0.25, 0.3) is 0 Å². The molecule has 14 heavy (non-hydrogen) atoms. The van der Waals surface area contributed by atoms with Gasteiger partial charge in [0.1, 0.15) is 0 Å². The molecule has 0 fully saturated rings. The van der Waals surface area contributed by atoms with Crippen molar-refractivity contribution in [3.63, 3.8) is 0 Å². The summed E-state index contributed by atoms with van der Waals surface area (Å²) in [6.07, 6.45) is 0. The van der Waals surface area contributed by atoms with Crippen LogP contribution in [0, 0.1) is 10.8 Å². The van der Waals surface area contributed by atoms with Crippen molar-refractivity contribution in [3.05, 3.63) is 11.3 Å². The minimum atomic E-state index is 0.316. The lowest BCUT2D eigenvalue weighted by atomic mass is 9.52. The molecule has 0 saturated carbocycles. The molecule has 0 amide bonds. The Hall–Kier alpha value is -0.460. The number of hydrogen-bond donors (Lipinski definition) is 0. The first-order valence-electron chi connectivity index (χ1n) is 5.58. The first kappa shape index (κ1) is 11.6. The van der Waals surface area contributed by atoms with Gasteiger partial charge >= 0.3 is 0 Å². The zero-order valence-electron chi connectivity index (χ0n) is 11.0. The maximum Gasteiger partial charge on any atom is 0.0227 e. The van der Waals surface area contributed by atoms with Crippen molar-refractivity contribution in [1.82, 2.24) is 4.90 Å². The molecule has 0 unspecified atom stereocenters. The molecule has 0 saturated heterocycles. The summed E-state index contributed by atoms with van der Waals surface area (Å²) in [6, 6.07) is 0.593. The van der Waals surface area contributed by atoms with E-state index in [0.29, 0.717) is 16.9 Å². The van der Waals surface area contributed by atoms with Crippen molar-refractivity contribution in [1.29, 1.82) is 0 Å². The van der Waals surface area contributed by atoms with Crippen LogP contribution in [-0.2, 0) is 0 Å². The molecule has 1 heteroatoms. The van der Waals surface area contributed by atoms with Crippen LogP contribution >= 0.6 is 0 Å². The second-order valence-corrected chi connectivity index (χ2v) is 5.93. The number of hydrogen-bond acceptors (Lipinski definition) is 1. The van der Waals surface area contributed by atoms with E-state index in [1.807, 2.05) is 0 Å². The van der Waals surface area contributed by atoms with Gasteiger partial charge in [-0.2, -0.15) is 0 Å². The average Bonchev–Trinajstić information content (AvgIpc) is 2.03. The lowest BCUT2D eigenvalue weighted by molar-refractivity contribution is 0.0780. The fraction of sp³-hybridized carbons (Fsp3) is 0.846. The summed E-state index contributed by atoms with van der Waals surface area (Å²) in [5.41, 5.74) is 3.76. The van der Waals surface area contributed by atoms with Gasteiger partial charge in [-0.3, -0.25) is 0 Å².